The van der Waals surface area contributed by atoms with Gasteiger partial charge in [0.2, 0.25) is 11.8 Å². The first-order valence-electron chi connectivity index (χ1n) is 6.84. The molecule has 2 amide bonds. The van der Waals surface area contributed by atoms with Crippen molar-refractivity contribution in [2.45, 2.75) is 33.1 Å². The lowest BCUT2D eigenvalue weighted by Crippen LogP contribution is -2.22. The van der Waals surface area contributed by atoms with E-state index in [1.165, 1.54) is 6.07 Å². The van der Waals surface area contributed by atoms with Gasteiger partial charge in [-0.25, -0.2) is 4.79 Å². The molecular formula is C15H20N2O4. The number of carbonyl (C=O) groups is 3. The molecule has 0 bridgehead atoms. The molecule has 0 aliphatic carbocycles. The first-order chi connectivity index (χ1) is 9.93. The molecule has 6 nitrogen and oxygen atoms in total. The molecule has 1 aromatic carbocycles. The third kappa shape index (κ3) is 5.64. The van der Waals surface area contributed by atoms with E-state index >= 15 is 0 Å². The summed E-state index contributed by atoms with van der Waals surface area (Å²) in [7, 11) is 0. The summed E-state index contributed by atoms with van der Waals surface area (Å²) in [5.41, 5.74) is 1.35. The Bertz CT molecular complexity index is 540. The minimum Gasteiger partial charge on any atom is -0.478 e. The Labute approximate surface area is 123 Å². The van der Waals surface area contributed by atoms with E-state index < -0.39 is 5.97 Å². The van der Waals surface area contributed by atoms with Crippen molar-refractivity contribution in [3.05, 3.63) is 29.3 Å². The average molecular weight is 292 g/mol. The number of anilines is 1. The van der Waals surface area contributed by atoms with E-state index in [1.54, 1.807) is 19.1 Å². The van der Waals surface area contributed by atoms with E-state index in [-0.39, 0.29) is 23.8 Å². The van der Waals surface area contributed by atoms with Crippen LogP contribution in [0.2, 0.25) is 0 Å². The molecule has 0 saturated carbocycles. The van der Waals surface area contributed by atoms with Crippen LogP contribution in [0.3, 0.4) is 0 Å². The lowest BCUT2D eigenvalue weighted by Gasteiger charge is -2.08. The summed E-state index contributed by atoms with van der Waals surface area (Å²) in [6, 6.07) is 4.63. The number of carboxylic acids is 1. The largest absolute Gasteiger partial charge is 0.478 e. The molecule has 0 aromatic heterocycles. The highest BCUT2D eigenvalue weighted by Crippen LogP contribution is 2.15. The van der Waals surface area contributed by atoms with E-state index in [9.17, 15) is 14.4 Å². The van der Waals surface area contributed by atoms with Gasteiger partial charge in [-0.15, -0.1) is 0 Å². The third-order valence-electron chi connectivity index (χ3n) is 2.92. The normalized spacial score (nSPS) is 10.0. The van der Waals surface area contributed by atoms with E-state index in [0.717, 1.165) is 0 Å². The third-order valence-corrected chi connectivity index (χ3v) is 2.92. The fourth-order valence-electron chi connectivity index (χ4n) is 1.90. The van der Waals surface area contributed by atoms with Gasteiger partial charge in [0, 0.05) is 25.1 Å². The Kier molecular flexibility index (Phi) is 6.39. The maximum absolute atomic E-state index is 11.7. The van der Waals surface area contributed by atoms with E-state index in [2.05, 4.69) is 10.6 Å². The smallest absolute Gasteiger partial charge is 0.335 e. The Hall–Kier alpha value is -2.37. The highest BCUT2D eigenvalue weighted by molar-refractivity contribution is 5.93. The Morgan fingerprint density at radius 1 is 1.14 bits per heavy atom. The van der Waals surface area contributed by atoms with Crippen molar-refractivity contribution in [1.82, 2.24) is 5.32 Å². The fraction of sp³-hybridized carbons (Fsp3) is 0.400. The summed E-state index contributed by atoms with van der Waals surface area (Å²) < 4.78 is 0. The van der Waals surface area contributed by atoms with Gasteiger partial charge in [-0.2, -0.15) is 0 Å². The zero-order chi connectivity index (χ0) is 15.8. The average Bonchev–Trinajstić information content (AvgIpc) is 2.38. The maximum Gasteiger partial charge on any atom is 0.335 e. The number of aromatic carboxylic acids is 1. The van der Waals surface area contributed by atoms with E-state index in [1.807, 2.05) is 6.92 Å². The van der Waals surface area contributed by atoms with Crippen LogP contribution in [-0.4, -0.2) is 29.4 Å². The maximum atomic E-state index is 11.7. The van der Waals surface area contributed by atoms with Gasteiger partial charge < -0.3 is 15.7 Å². The number of amides is 2. The van der Waals surface area contributed by atoms with Gasteiger partial charge in [-0.3, -0.25) is 9.59 Å². The number of hydrogen-bond donors (Lipinski definition) is 3. The van der Waals surface area contributed by atoms with Crippen molar-refractivity contribution in [1.29, 1.82) is 0 Å². The molecule has 0 unspecified atom stereocenters. The van der Waals surface area contributed by atoms with Gasteiger partial charge in [0.1, 0.15) is 0 Å². The van der Waals surface area contributed by atoms with Crippen LogP contribution in [0, 0.1) is 6.92 Å². The lowest BCUT2D eigenvalue weighted by atomic mass is 10.1. The van der Waals surface area contributed by atoms with Gasteiger partial charge in [-0.1, -0.05) is 0 Å². The van der Waals surface area contributed by atoms with Gasteiger partial charge in [0.05, 0.1) is 5.56 Å². The Morgan fingerprint density at radius 3 is 2.38 bits per heavy atom. The summed E-state index contributed by atoms with van der Waals surface area (Å²) in [4.78, 5) is 33.8. The number of carbonyl (C=O) groups excluding carboxylic acids is 2. The second-order valence-corrected chi connectivity index (χ2v) is 4.69. The van der Waals surface area contributed by atoms with Crippen LogP contribution in [0.5, 0.6) is 0 Å². The molecular weight excluding hydrogens is 272 g/mol. The number of benzene rings is 1. The molecule has 114 valence electrons. The number of hydrogen-bond acceptors (Lipinski definition) is 3. The molecule has 1 aromatic rings. The van der Waals surface area contributed by atoms with Crippen molar-refractivity contribution in [2.24, 2.45) is 0 Å². The van der Waals surface area contributed by atoms with Crippen molar-refractivity contribution in [3.8, 4) is 0 Å². The number of rotatable bonds is 7. The summed E-state index contributed by atoms with van der Waals surface area (Å²) >= 11 is 0. The Balaban J connectivity index is 2.46. The molecule has 0 heterocycles. The Morgan fingerprint density at radius 2 is 1.81 bits per heavy atom. The molecule has 0 aliphatic heterocycles. The summed E-state index contributed by atoms with van der Waals surface area (Å²) in [5.74, 6) is -1.25. The second-order valence-electron chi connectivity index (χ2n) is 4.69. The quantitative estimate of drug-likeness (QED) is 0.715. The molecule has 0 aliphatic rings. The van der Waals surface area contributed by atoms with Gasteiger partial charge in [-0.05, 0) is 44.0 Å². The lowest BCUT2D eigenvalue weighted by molar-refractivity contribution is -0.121. The number of nitrogens with one attached hydrogen (secondary N) is 2. The van der Waals surface area contributed by atoms with E-state index in [0.29, 0.717) is 30.6 Å². The molecule has 0 atom stereocenters. The van der Waals surface area contributed by atoms with E-state index in [4.69, 9.17) is 5.11 Å². The van der Waals surface area contributed by atoms with Crippen LogP contribution < -0.4 is 10.6 Å². The van der Waals surface area contributed by atoms with Crippen LogP contribution in [0.25, 0.3) is 0 Å². The molecule has 0 spiro atoms. The second kappa shape index (κ2) is 8.04. The standard InChI is InChI=1S/C15H20N2O4/c1-3-16-13(18)5-4-6-14(19)17-11-7-8-12(15(20)21)10(2)9-11/h7-9H,3-6H2,1-2H3,(H,16,18)(H,17,19)(H,20,21). The summed E-state index contributed by atoms with van der Waals surface area (Å²) in [5, 5.41) is 14.3. The number of carboxylic acid groups (broad SMARTS) is 1. The highest BCUT2D eigenvalue weighted by Gasteiger charge is 2.09. The molecule has 0 radical (unpaired) electrons. The molecule has 3 N–H and O–H groups in total. The van der Waals surface area contributed by atoms with Crippen molar-refractivity contribution >= 4 is 23.5 Å². The minimum absolute atomic E-state index is 0.0630. The molecule has 0 saturated heterocycles. The van der Waals surface area contributed by atoms with Crippen molar-refractivity contribution < 1.29 is 19.5 Å². The number of aryl methyl sites for hydroxylation is 1. The van der Waals surface area contributed by atoms with Gasteiger partial charge in [0.25, 0.3) is 0 Å². The first-order valence-corrected chi connectivity index (χ1v) is 6.84. The summed E-state index contributed by atoms with van der Waals surface area (Å²) in [6.45, 7) is 4.10. The summed E-state index contributed by atoms with van der Waals surface area (Å²) in [6.07, 6.45) is 1.04. The van der Waals surface area contributed by atoms with Crippen molar-refractivity contribution in [3.63, 3.8) is 0 Å². The van der Waals surface area contributed by atoms with Crippen LogP contribution in [0.4, 0.5) is 5.69 Å². The van der Waals surface area contributed by atoms with Crippen LogP contribution in [0.15, 0.2) is 18.2 Å². The zero-order valence-corrected chi connectivity index (χ0v) is 12.2. The van der Waals surface area contributed by atoms with Crippen LogP contribution in [-0.2, 0) is 9.59 Å². The highest BCUT2D eigenvalue weighted by atomic mass is 16.4. The molecule has 6 heteroatoms. The van der Waals surface area contributed by atoms with Gasteiger partial charge in [0.15, 0.2) is 0 Å². The van der Waals surface area contributed by atoms with Crippen molar-refractivity contribution in [2.75, 3.05) is 11.9 Å². The molecule has 1 rings (SSSR count). The minimum atomic E-state index is -0.993. The topological polar surface area (TPSA) is 95.5 Å². The predicted octanol–water partition coefficient (Wildman–Crippen LogP) is 1.94. The zero-order valence-electron chi connectivity index (χ0n) is 12.2. The molecule has 21 heavy (non-hydrogen) atoms. The van der Waals surface area contributed by atoms with Crippen LogP contribution >= 0.6 is 0 Å². The SMILES string of the molecule is CCNC(=O)CCCC(=O)Nc1ccc(C(=O)O)c(C)c1. The first kappa shape index (κ1) is 16.7. The van der Waals surface area contributed by atoms with Gasteiger partial charge >= 0.3 is 5.97 Å². The monoisotopic (exact) mass is 292 g/mol. The fourth-order valence-corrected chi connectivity index (χ4v) is 1.90. The van der Waals surface area contributed by atoms with Crippen LogP contribution in [0.1, 0.15) is 42.1 Å². The molecule has 0 fully saturated rings. The predicted molar refractivity (Wildman–Crippen MR) is 79.3 cm³/mol.